The highest BCUT2D eigenvalue weighted by Gasteiger charge is 2.10. The molecule has 1 aromatic rings. The number of benzene rings is 1. The molecule has 0 aliphatic carbocycles. The number of nitrogens with two attached hydrogens (primary N) is 1. The number of nitriles is 1. The largest absolute Gasteiger partial charge is 0.488 e. The summed E-state index contributed by atoms with van der Waals surface area (Å²) in [5, 5.41) is 8.76. The molecule has 2 N–H and O–H groups in total. The van der Waals surface area contributed by atoms with Gasteiger partial charge in [-0.25, -0.2) is 0 Å². The molecule has 4 nitrogen and oxygen atoms in total. The molecule has 0 radical (unpaired) electrons. The molecular formula is C11H13IN2O2. The Labute approximate surface area is 108 Å². The predicted molar refractivity (Wildman–Crippen MR) is 70.3 cm³/mol. The van der Waals surface area contributed by atoms with E-state index >= 15 is 0 Å². The Morgan fingerprint density at radius 1 is 1.56 bits per heavy atom. The van der Waals surface area contributed by atoms with Gasteiger partial charge in [0.05, 0.1) is 27.0 Å². The maximum Gasteiger partial charge on any atom is 0.155 e. The molecule has 0 bridgehead atoms. The summed E-state index contributed by atoms with van der Waals surface area (Å²) < 4.78 is 11.5. The number of hydrogen-bond donors (Lipinski definition) is 1. The lowest BCUT2D eigenvalue weighted by atomic mass is 10.2. The van der Waals surface area contributed by atoms with E-state index in [-0.39, 0.29) is 6.10 Å². The second-order valence-corrected chi connectivity index (χ2v) is 4.51. The SMILES string of the molecule is COC(C)COc1c(N)cc(C#N)cc1I. The normalized spacial score (nSPS) is 11.9. The highest BCUT2D eigenvalue weighted by molar-refractivity contribution is 14.1. The summed E-state index contributed by atoms with van der Waals surface area (Å²) in [5.41, 5.74) is 6.82. The Morgan fingerprint density at radius 3 is 2.75 bits per heavy atom. The van der Waals surface area contributed by atoms with E-state index in [4.69, 9.17) is 20.5 Å². The average Bonchev–Trinajstić information content (AvgIpc) is 2.27. The Morgan fingerprint density at radius 2 is 2.25 bits per heavy atom. The Hall–Kier alpha value is -1.00. The molecule has 0 heterocycles. The van der Waals surface area contributed by atoms with Gasteiger partial charge in [-0.05, 0) is 41.6 Å². The van der Waals surface area contributed by atoms with Gasteiger partial charge in [-0.1, -0.05) is 0 Å². The summed E-state index contributed by atoms with van der Waals surface area (Å²) in [4.78, 5) is 0. The van der Waals surface area contributed by atoms with Crippen molar-refractivity contribution in [1.82, 2.24) is 0 Å². The van der Waals surface area contributed by atoms with Crippen LogP contribution >= 0.6 is 22.6 Å². The third-order valence-corrected chi connectivity index (χ3v) is 2.87. The fourth-order valence-electron chi connectivity index (χ4n) is 1.10. The first-order valence-corrected chi connectivity index (χ1v) is 5.81. The second-order valence-electron chi connectivity index (χ2n) is 3.35. The summed E-state index contributed by atoms with van der Waals surface area (Å²) in [6, 6.07) is 5.39. The van der Waals surface area contributed by atoms with Gasteiger partial charge in [0.1, 0.15) is 6.61 Å². The minimum atomic E-state index is 0.00541. The molecule has 86 valence electrons. The Bertz CT molecular complexity index is 392. The number of nitrogen functional groups attached to an aromatic ring is 1. The van der Waals surface area contributed by atoms with Crippen LogP contribution in [0.4, 0.5) is 5.69 Å². The van der Waals surface area contributed by atoms with Crippen LogP contribution < -0.4 is 10.5 Å². The van der Waals surface area contributed by atoms with Crippen LogP contribution in [0.25, 0.3) is 0 Å². The average molecular weight is 332 g/mol. The summed E-state index contributed by atoms with van der Waals surface area (Å²) in [7, 11) is 1.63. The van der Waals surface area contributed by atoms with Crippen molar-refractivity contribution in [3.05, 3.63) is 21.3 Å². The quantitative estimate of drug-likeness (QED) is 0.678. The van der Waals surface area contributed by atoms with Crippen LogP contribution in [-0.2, 0) is 4.74 Å². The lowest BCUT2D eigenvalue weighted by Crippen LogP contribution is -2.17. The van der Waals surface area contributed by atoms with Crippen molar-refractivity contribution in [2.75, 3.05) is 19.5 Å². The van der Waals surface area contributed by atoms with E-state index < -0.39 is 0 Å². The molecule has 0 saturated carbocycles. The van der Waals surface area contributed by atoms with Crippen LogP contribution in [0.5, 0.6) is 5.75 Å². The van der Waals surface area contributed by atoms with Gasteiger partial charge in [0, 0.05) is 7.11 Å². The van der Waals surface area contributed by atoms with Crippen LogP contribution in [-0.4, -0.2) is 19.8 Å². The fraction of sp³-hybridized carbons (Fsp3) is 0.364. The summed E-state index contributed by atoms with van der Waals surface area (Å²) in [6.07, 6.45) is 0.00541. The number of nitrogens with zero attached hydrogens (tertiary/aromatic N) is 1. The van der Waals surface area contributed by atoms with Gasteiger partial charge in [-0.3, -0.25) is 0 Å². The number of halogens is 1. The van der Waals surface area contributed by atoms with E-state index in [2.05, 4.69) is 22.6 Å². The molecule has 1 aromatic carbocycles. The molecule has 1 rings (SSSR count). The van der Waals surface area contributed by atoms with Crippen LogP contribution in [0.2, 0.25) is 0 Å². The molecular weight excluding hydrogens is 319 g/mol. The molecule has 0 aliphatic rings. The third kappa shape index (κ3) is 3.25. The van der Waals surface area contributed by atoms with Crippen molar-refractivity contribution in [2.45, 2.75) is 13.0 Å². The number of methoxy groups -OCH3 is 1. The first kappa shape index (κ1) is 13.1. The van der Waals surface area contributed by atoms with Crippen molar-refractivity contribution in [1.29, 1.82) is 5.26 Å². The van der Waals surface area contributed by atoms with E-state index in [9.17, 15) is 0 Å². The highest BCUT2D eigenvalue weighted by Crippen LogP contribution is 2.29. The van der Waals surface area contributed by atoms with E-state index in [0.717, 1.165) is 3.57 Å². The van der Waals surface area contributed by atoms with E-state index in [1.165, 1.54) is 0 Å². The predicted octanol–water partition coefficient (Wildman–Crippen LogP) is 2.16. The van der Waals surface area contributed by atoms with Crippen molar-refractivity contribution in [2.24, 2.45) is 0 Å². The van der Waals surface area contributed by atoms with Crippen molar-refractivity contribution in [3.8, 4) is 11.8 Å². The van der Waals surface area contributed by atoms with Gasteiger partial charge in [0.2, 0.25) is 0 Å². The third-order valence-electron chi connectivity index (χ3n) is 2.07. The van der Waals surface area contributed by atoms with Crippen molar-refractivity contribution in [3.63, 3.8) is 0 Å². The molecule has 0 spiro atoms. The van der Waals surface area contributed by atoms with E-state index in [1.54, 1.807) is 19.2 Å². The number of hydrogen-bond acceptors (Lipinski definition) is 4. The van der Waals surface area contributed by atoms with Crippen LogP contribution in [0.3, 0.4) is 0 Å². The molecule has 0 amide bonds. The first-order chi connectivity index (χ1) is 7.58. The maximum atomic E-state index is 8.76. The molecule has 16 heavy (non-hydrogen) atoms. The minimum Gasteiger partial charge on any atom is -0.488 e. The van der Waals surface area contributed by atoms with Crippen molar-refractivity contribution < 1.29 is 9.47 Å². The molecule has 0 fully saturated rings. The van der Waals surface area contributed by atoms with Gasteiger partial charge in [0.15, 0.2) is 5.75 Å². The Kier molecular flexibility index (Phi) is 4.83. The first-order valence-electron chi connectivity index (χ1n) is 4.73. The molecule has 1 unspecified atom stereocenters. The van der Waals surface area contributed by atoms with Gasteiger partial charge in [-0.15, -0.1) is 0 Å². The van der Waals surface area contributed by atoms with Gasteiger partial charge >= 0.3 is 0 Å². The zero-order chi connectivity index (χ0) is 12.1. The molecule has 0 aliphatic heterocycles. The molecule has 0 saturated heterocycles. The van der Waals surface area contributed by atoms with Crippen LogP contribution in [0, 0.1) is 14.9 Å². The zero-order valence-corrected chi connectivity index (χ0v) is 11.3. The lowest BCUT2D eigenvalue weighted by Gasteiger charge is -2.14. The zero-order valence-electron chi connectivity index (χ0n) is 9.16. The summed E-state index contributed by atoms with van der Waals surface area (Å²) >= 11 is 2.10. The second kappa shape index (κ2) is 5.92. The summed E-state index contributed by atoms with van der Waals surface area (Å²) in [6.45, 7) is 2.34. The standard InChI is InChI=1S/C11H13IN2O2/c1-7(15-2)6-16-11-9(12)3-8(5-13)4-10(11)14/h3-4,7H,6,14H2,1-2H3. The lowest BCUT2D eigenvalue weighted by molar-refractivity contribution is 0.0716. The molecule has 1 atom stereocenters. The number of rotatable bonds is 4. The van der Waals surface area contributed by atoms with E-state index in [0.29, 0.717) is 23.6 Å². The smallest absolute Gasteiger partial charge is 0.155 e. The highest BCUT2D eigenvalue weighted by atomic mass is 127. The van der Waals surface area contributed by atoms with Crippen LogP contribution in [0.1, 0.15) is 12.5 Å². The molecule has 0 aromatic heterocycles. The van der Waals surface area contributed by atoms with Gasteiger partial charge < -0.3 is 15.2 Å². The number of anilines is 1. The van der Waals surface area contributed by atoms with Gasteiger partial charge in [-0.2, -0.15) is 5.26 Å². The summed E-state index contributed by atoms with van der Waals surface area (Å²) in [5.74, 6) is 0.614. The van der Waals surface area contributed by atoms with Crippen molar-refractivity contribution >= 4 is 28.3 Å². The maximum absolute atomic E-state index is 8.76. The monoisotopic (exact) mass is 332 g/mol. The van der Waals surface area contributed by atoms with Gasteiger partial charge in [0.25, 0.3) is 0 Å². The molecule has 5 heteroatoms. The topological polar surface area (TPSA) is 68.3 Å². The number of ether oxygens (including phenoxy) is 2. The van der Waals surface area contributed by atoms with Crippen LogP contribution in [0.15, 0.2) is 12.1 Å². The minimum absolute atomic E-state index is 0.00541. The Balaban J connectivity index is 2.85. The fourth-order valence-corrected chi connectivity index (χ4v) is 1.90. The van der Waals surface area contributed by atoms with E-state index in [1.807, 2.05) is 13.0 Å².